The third kappa shape index (κ3) is 3.55. The summed E-state index contributed by atoms with van der Waals surface area (Å²) in [5.41, 5.74) is 0.00834. The predicted octanol–water partition coefficient (Wildman–Crippen LogP) is 4.03. The fourth-order valence-corrected chi connectivity index (χ4v) is 3.15. The smallest absolute Gasteiger partial charge is 0.324 e. The Hall–Kier alpha value is -3.16. The molecule has 138 valence electrons. The van der Waals surface area contributed by atoms with Crippen LogP contribution in [0.3, 0.4) is 0 Å². The van der Waals surface area contributed by atoms with Crippen LogP contribution < -0.4 is 5.32 Å². The van der Waals surface area contributed by atoms with Crippen molar-refractivity contribution in [2.75, 3.05) is 5.32 Å². The van der Waals surface area contributed by atoms with Gasteiger partial charge in [0.25, 0.3) is 0 Å². The molecule has 0 bridgehead atoms. The topological polar surface area (TPSA) is 59.8 Å². The number of hydrogen-bond acceptors (Lipinski definition) is 3. The molecular formula is C19H15F3N4O. The van der Waals surface area contributed by atoms with Gasteiger partial charge >= 0.3 is 6.18 Å². The number of anilines is 1. The van der Waals surface area contributed by atoms with E-state index in [0.29, 0.717) is 17.9 Å². The summed E-state index contributed by atoms with van der Waals surface area (Å²) >= 11 is 0. The Balaban J connectivity index is 1.44. The van der Waals surface area contributed by atoms with Crippen LogP contribution in [0.1, 0.15) is 23.5 Å². The first-order valence-corrected chi connectivity index (χ1v) is 8.35. The summed E-state index contributed by atoms with van der Waals surface area (Å²) < 4.78 is 41.2. The van der Waals surface area contributed by atoms with Gasteiger partial charge in [-0.2, -0.15) is 13.2 Å². The molecule has 0 unspecified atom stereocenters. The van der Waals surface area contributed by atoms with Crippen LogP contribution in [0, 0.1) is 5.92 Å². The Kier molecular flexibility index (Phi) is 4.18. The minimum atomic E-state index is -4.42. The third-order valence-electron chi connectivity index (χ3n) is 4.58. The highest BCUT2D eigenvalue weighted by Gasteiger charge is 2.47. The van der Waals surface area contributed by atoms with Crippen LogP contribution in [0.2, 0.25) is 0 Å². The van der Waals surface area contributed by atoms with Crippen molar-refractivity contribution >= 4 is 11.6 Å². The number of pyridine rings is 1. The molecule has 0 radical (unpaired) electrons. The Morgan fingerprint density at radius 3 is 2.67 bits per heavy atom. The SMILES string of the molecule is O=C(Nc1ccc(-n2ccnc2)nc1)[C@H]1C[C@H]1c1ccccc1C(F)(F)F. The van der Waals surface area contributed by atoms with Gasteiger partial charge in [0.2, 0.25) is 5.91 Å². The van der Waals surface area contributed by atoms with Crippen LogP contribution in [-0.4, -0.2) is 20.4 Å². The largest absolute Gasteiger partial charge is 0.416 e. The van der Waals surface area contributed by atoms with E-state index in [0.717, 1.165) is 6.07 Å². The lowest BCUT2D eigenvalue weighted by molar-refractivity contribution is -0.138. The maximum Gasteiger partial charge on any atom is 0.416 e. The van der Waals surface area contributed by atoms with Crippen LogP contribution in [0.25, 0.3) is 5.82 Å². The second-order valence-electron chi connectivity index (χ2n) is 6.40. The molecule has 8 heteroatoms. The van der Waals surface area contributed by atoms with E-state index in [1.54, 1.807) is 41.5 Å². The fraction of sp³-hybridized carbons (Fsp3) is 0.211. The summed E-state index contributed by atoms with van der Waals surface area (Å²) in [4.78, 5) is 20.6. The van der Waals surface area contributed by atoms with E-state index in [2.05, 4.69) is 15.3 Å². The quantitative estimate of drug-likeness (QED) is 0.752. The Labute approximate surface area is 152 Å². The lowest BCUT2D eigenvalue weighted by Crippen LogP contribution is -2.16. The Morgan fingerprint density at radius 1 is 1.19 bits per heavy atom. The summed E-state index contributed by atoms with van der Waals surface area (Å²) in [7, 11) is 0. The summed E-state index contributed by atoms with van der Waals surface area (Å²) in [5, 5.41) is 2.73. The van der Waals surface area contributed by atoms with E-state index < -0.39 is 23.6 Å². The molecule has 27 heavy (non-hydrogen) atoms. The van der Waals surface area contributed by atoms with Crippen LogP contribution in [0.5, 0.6) is 0 Å². The maximum absolute atomic E-state index is 13.2. The second-order valence-corrected chi connectivity index (χ2v) is 6.40. The zero-order valence-electron chi connectivity index (χ0n) is 14.0. The van der Waals surface area contributed by atoms with Gasteiger partial charge in [0.15, 0.2) is 0 Å². The number of hydrogen-bond donors (Lipinski definition) is 1. The first-order valence-electron chi connectivity index (χ1n) is 8.35. The van der Waals surface area contributed by atoms with Gasteiger partial charge in [-0.25, -0.2) is 9.97 Å². The van der Waals surface area contributed by atoms with Crippen molar-refractivity contribution in [3.8, 4) is 5.82 Å². The van der Waals surface area contributed by atoms with Crippen LogP contribution >= 0.6 is 0 Å². The highest BCUT2D eigenvalue weighted by Crippen LogP contribution is 2.51. The molecule has 0 aliphatic heterocycles. The number of nitrogens with zero attached hydrogens (tertiary/aromatic N) is 3. The molecule has 2 atom stereocenters. The first-order chi connectivity index (χ1) is 12.9. The number of halogens is 3. The minimum absolute atomic E-state index is 0.179. The average Bonchev–Trinajstić information content (AvgIpc) is 3.27. The number of benzene rings is 1. The molecule has 2 aromatic heterocycles. The zero-order valence-corrected chi connectivity index (χ0v) is 14.0. The van der Waals surface area contributed by atoms with Crippen molar-refractivity contribution in [3.05, 3.63) is 72.4 Å². The summed E-state index contributed by atoms with van der Waals surface area (Å²) in [6, 6.07) is 8.85. The summed E-state index contributed by atoms with van der Waals surface area (Å²) in [5.74, 6) is -0.536. The molecular weight excluding hydrogens is 357 g/mol. The Bertz CT molecular complexity index is 952. The van der Waals surface area contributed by atoms with E-state index in [9.17, 15) is 18.0 Å². The van der Waals surface area contributed by atoms with Crippen molar-refractivity contribution < 1.29 is 18.0 Å². The van der Waals surface area contributed by atoms with Gasteiger partial charge < -0.3 is 5.32 Å². The highest BCUT2D eigenvalue weighted by molar-refractivity contribution is 5.95. The van der Waals surface area contributed by atoms with Crippen molar-refractivity contribution in [2.24, 2.45) is 5.92 Å². The molecule has 1 amide bonds. The molecule has 1 fully saturated rings. The third-order valence-corrected chi connectivity index (χ3v) is 4.58. The second kappa shape index (κ2) is 6.53. The number of imidazole rings is 1. The van der Waals surface area contributed by atoms with Crippen molar-refractivity contribution in [3.63, 3.8) is 0 Å². The number of alkyl halides is 3. The lowest BCUT2D eigenvalue weighted by atomic mass is 10.0. The number of rotatable bonds is 4. The molecule has 4 rings (SSSR count). The first kappa shape index (κ1) is 17.3. The van der Waals surface area contributed by atoms with E-state index in [1.165, 1.54) is 18.3 Å². The summed E-state index contributed by atoms with van der Waals surface area (Å²) in [6.45, 7) is 0. The van der Waals surface area contributed by atoms with E-state index >= 15 is 0 Å². The fourth-order valence-electron chi connectivity index (χ4n) is 3.15. The molecule has 1 aliphatic carbocycles. The maximum atomic E-state index is 13.2. The highest BCUT2D eigenvalue weighted by atomic mass is 19.4. The average molecular weight is 372 g/mol. The van der Waals surface area contributed by atoms with Gasteiger partial charge in [0.05, 0.1) is 17.4 Å². The van der Waals surface area contributed by atoms with Gasteiger partial charge in [-0.15, -0.1) is 0 Å². The van der Waals surface area contributed by atoms with Gasteiger partial charge in [0.1, 0.15) is 12.1 Å². The van der Waals surface area contributed by atoms with Crippen molar-refractivity contribution in [2.45, 2.75) is 18.5 Å². The van der Waals surface area contributed by atoms with E-state index in [1.807, 2.05) is 0 Å². The van der Waals surface area contributed by atoms with Gasteiger partial charge in [-0.3, -0.25) is 9.36 Å². The minimum Gasteiger partial charge on any atom is -0.324 e. The zero-order chi connectivity index (χ0) is 19.0. The number of nitrogens with one attached hydrogen (secondary N) is 1. The van der Waals surface area contributed by atoms with Crippen LogP contribution in [0.4, 0.5) is 18.9 Å². The van der Waals surface area contributed by atoms with Gasteiger partial charge in [-0.1, -0.05) is 18.2 Å². The molecule has 1 aliphatic rings. The standard InChI is InChI=1S/C19H15F3N4O/c20-19(21,22)16-4-2-1-3-13(16)14-9-15(14)18(27)25-12-5-6-17(24-10-12)26-8-7-23-11-26/h1-8,10-11,14-15H,9H2,(H,25,27)/t14-,15-/m0/s1. The predicted molar refractivity (Wildman–Crippen MR) is 92.3 cm³/mol. The lowest BCUT2D eigenvalue weighted by Gasteiger charge is -2.12. The normalized spacial score (nSPS) is 18.9. The number of carbonyl (C=O) groups excluding carboxylic acids is 1. The molecule has 3 aromatic rings. The molecule has 5 nitrogen and oxygen atoms in total. The number of amides is 1. The Morgan fingerprint density at radius 2 is 2.00 bits per heavy atom. The van der Waals surface area contributed by atoms with Crippen molar-refractivity contribution in [1.29, 1.82) is 0 Å². The van der Waals surface area contributed by atoms with E-state index in [4.69, 9.17) is 0 Å². The molecule has 1 N–H and O–H groups in total. The molecule has 1 saturated carbocycles. The molecule has 2 heterocycles. The molecule has 1 aromatic carbocycles. The van der Waals surface area contributed by atoms with Gasteiger partial charge in [0, 0.05) is 18.3 Å². The van der Waals surface area contributed by atoms with Crippen LogP contribution in [0.15, 0.2) is 61.3 Å². The van der Waals surface area contributed by atoms with E-state index in [-0.39, 0.29) is 11.5 Å². The number of carbonyl (C=O) groups is 1. The summed E-state index contributed by atoms with van der Waals surface area (Å²) in [6.07, 6.45) is 2.46. The number of aromatic nitrogens is 3. The molecule has 0 saturated heterocycles. The van der Waals surface area contributed by atoms with Crippen molar-refractivity contribution in [1.82, 2.24) is 14.5 Å². The van der Waals surface area contributed by atoms with Gasteiger partial charge in [-0.05, 0) is 36.1 Å². The monoisotopic (exact) mass is 372 g/mol. The molecule has 0 spiro atoms. The van der Waals surface area contributed by atoms with Crippen LogP contribution in [-0.2, 0) is 11.0 Å².